The van der Waals surface area contributed by atoms with Crippen molar-refractivity contribution >= 4 is 17.4 Å². The van der Waals surface area contributed by atoms with Crippen molar-refractivity contribution in [2.45, 2.75) is 27.3 Å². The highest BCUT2D eigenvalue weighted by Gasteiger charge is 2.11. The molecule has 0 aliphatic heterocycles. The summed E-state index contributed by atoms with van der Waals surface area (Å²) in [4.78, 5) is 17.1. The monoisotopic (exact) mass is 375 g/mol. The summed E-state index contributed by atoms with van der Waals surface area (Å²) < 4.78 is 5.37. The highest BCUT2D eigenvalue weighted by molar-refractivity contribution is 6.05. The van der Waals surface area contributed by atoms with Gasteiger partial charge in [0, 0.05) is 29.6 Å². The zero-order chi connectivity index (χ0) is 20.1. The molecular formula is C23H25N3O2. The Kier molecular flexibility index (Phi) is 5.94. The van der Waals surface area contributed by atoms with E-state index in [1.807, 2.05) is 45.0 Å². The zero-order valence-electron chi connectivity index (χ0n) is 16.7. The van der Waals surface area contributed by atoms with Crippen LogP contribution < -0.4 is 15.4 Å². The number of nitrogens with zero attached hydrogens (tertiary/aromatic N) is 1. The number of pyridine rings is 1. The lowest BCUT2D eigenvalue weighted by atomic mass is 10.0. The van der Waals surface area contributed by atoms with Gasteiger partial charge in [-0.15, -0.1) is 0 Å². The molecule has 1 heterocycles. The maximum atomic E-state index is 12.7. The molecule has 2 aromatic carbocycles. The van der Waals surface area contributed by atoms with Crippen LogP contribution in [0.2, 0.25) is 0 Å². The Bertz CT molecular complexity index is 976. The Labute approximate surface area is 165 Å². The Morgan fingerprint density at radius 3 is 2.46 bits per heavy atom. The van der Waals surface area contributed by atoms with Crippen molar-refractivity contribution in [3.05, 3.63) is 82.5 Å². The second kappa shape index (κ2) is 8.57. The van der Waals surface area contributed by atoms with Gasteiger partial charge in [-0.3, -0.25) is 4.79 Å². The largest absolute Gasteiger partial charge is 0.496 e. The number of nitrogens with one attached hydrogen (secondary N) is 2. The van der Waals surface area contributed by atoms with Crippen molar-refractivity contribution in [2.75, 3.05) is 17.7 Å². The van der Waals surface area contributed by atoms with Gasteiger partial charge < -0.3 is 15.4 Å². The van der Waals surface area contributed by atoms with Gasteiger partial charge in [0.15, 0.2) is 0 Å². The van der Waals surface area contributed by atoms with Gasteiger partial charge in [-0.1, -0.05) is 35.9 Å². The molecule has 5 heteroatoms. The Morgan fingerprint density at radius 2 is 1.75 bits per heavy atom. The van der Waals surface area contributed by atoms with E-state index in [1.165, 1.54) is 5.56 Å². The first kappa shape index (κ1) is 19.4. The standard InChI is InChI=1S/C23H25N3O2/c1-15-11-16(2)22(17(3)12-15)26-23(27)18-9-10-24-21(13-18)25-14-19-7-5-6-8-20(19)28-4/h5-13H,14H2,1-4H3,(H,24,25)(H,26,27). The van der Waals surface area contributed by atoms with Crippen molar-refractivity contribution < 1.29 is 9.53 Å². The molecular weight excluding hydrogens is 350 g/mol. The SMILES string of the molecule is COc1ccccc1CNc1cc(C(=O)Nc2c(C)cc(C)cc2C)ccn1. The van der Waals surface area contributed by atoms with E-state index in [4.69, 9.17) is 4.74 Å². The van der Waals surface area contributed by atoms with Crippen LogP contribution in [-0.4, -0.2) is 18.0 Å². The third-order valence-corrected chi connectivity index (χ3v) is 4.59. The molecule has 0 aliphatic rings. The number of aromatic nitrogens is 1. The van der Waals surface area contributed by atoms with Crippen LogP contribution in [0.5, 0.6) is 5.75 Å². The van der Waals surface area contributed by atoms with Crippen LogP contribution in [0.4, 0.5) is 11.5 Å². The third-order valence-electron chi connectivity index (χ3n) is 4.59. The van der Waals surface area contributed by atoms with Gasteiger partial charge in [-0.05, 0) is 50.1 Å². The average Bonchev–Trinajstić information content (AvgIpc) is 2.69. The van der Waals surface area contributed by atoms with Crippen LogP contribution in [-0.2, 0) is 6.54 Å². The lowest BCUT2D eigenvalue weighted by Gasteiger charge is -2.14. The molecule has 0 saturated heterocycles. The number of ether oxygens (including phenoxy) is 1. The Hall–Kier alpha value is -3.34. The average molecular weight is 375 g/mol. The van der Waals surface area contributed by atoms with E-state index in [0.717, 1.165) is 28.1 Å². The minimum atomic E-state index is -0.155. The van der Waals surface area contributed by atoms with E-state index in [0.29, 0.717) is 17.9 Å². The second-order valence-corrected chi connectivity index (χ2v) is 6.82. The summed E-state index contributed by atoms with van der Waals surface area (Å²) in [5.74, 6) is 1.29. The highest BCUT2D eigenvalue weighted by Crippen LogP contribution is 2.23. The first-order valence-electron chi connectivity index (χ1n) is 9.19. The van der Waals surface area contributed by atoms with Gasteiger partial charge in [-0.2, -0.15) is 0 Å². The molecule has 144 valence electrons. The topological polar surface area (TPSA) is 63.2 Å². The summed E-state index contributed by atoms with van der Waals surface area (Å²) in [5.41, 5.74) is 5.71. The molecule has 3 rings (SSSR count). The molecule has 0 spiro atoms. The minimum Gasteiger partial charge on any atom is -0.496 e. The van der Waals surface area contributed by atoms with Crippen molar-refractivity contribution in [1.29, 1.82) is 0 Å². The molecule has 0 radical (unpaired) electrons. The molecule has 0 unspecified atom stereocenters. The number of carbonyl (C=O) groups excluding carboxylic acids is 1. The summed E-state index contributed by atoms with van der Waals surface area (Å²) in [7, 11) is 1.65. The molecule has 3 aromatic rings. The summed E-state index contributed by atoms with van der Waals surface area (Å²) >= 11 is 0. The molecule has 0 aliphatic carbocycles. The summed E-state index contributed by atoms with van der Waals surface area (Å²) in [6.45, 7) is 6.61. The molecule has 28 heavy (non-hydrogen) atoms. The first-order chi connectivity index (χ1) is 13.5. The van der Waals surface area contributed by atoms with E-state index in [9.17, 15) is 4.79 Å². The molecule has 0 atom stereocenters. The van der Waals surface area contributed by atoms with Gasteiger partial charge in [0.05, 0.1) is 7.11 Å². The summed E-state index contributed by atoms with van der Waals surface area (Å²) in [5, 5.41) is 6.28. The number of amides is 1. The summed E-state index contributed by atoms with van der Waals surface area (Å²) in [6.07, 6.45) is 1.63. The van der Waals surface area contributed by atoms with Crippen LogP contribution in [0.1, 0.15) is 32.6 Å². The minimum absolute atomic E-state index is 0.155. The quantitative estimate of drug-likeness (QED) is 0.644. The van der Waals surface area contributed by atoms with Gasteiger partial charge in [-0.25, -0.2) is 4.98 Å². The van der Waals surface area contributed by atoms with Crippen LogP contribution in [0.25, 0.3) is 0 Å². The molecule has 5 nitrogen and oxygen atoms in total. The first-order valence-corrected chi connectivity index (χ1v) is 9.19. The van der Waals surface area contributed by atoms with Crippen LogP contribution >= 0.6 is 0 Å². The number of para-hydroxylation sites is 1. The van der Waals surface area contributed by atoms with E-state index >= 15 is 0 Å². The number of aryl methyl sites for hydroxylation is 3. The van der Waals surface area contributed by atoms with Crippen LogP contribution in [0.15, 0.2) is 54.7 Å². The predicted molar refractivity (Wildman–Crippen MR) is 113 cm³/mol. The molecule has 1 aromatic heterocycles. The normalized spacial score (nSPS) is 10.4. The van der Waals surface area contributed by atoms with Crippen LogP contribution in [0.3, 0.4) is 0 Å². The van der Waals surface area contributed by atoms with Gasteiger partial charge in [0.25, 0.3) is 5.91 Å². The Balaban J connectivity index is 1.73. The molecule has 0 saturated carbocycles. The van der Waals surface area contributed by atoms with E-state index < -0.39 is 0 Å². The fourth-order valence-corrected chi connectivity index (χ4v) is 3.27. The lowest BCUT2D eigenvalue weighted by molar-refractivity contribution is 0.102. The predicted octanol–water partition coefficient (Wildman–Crippen LogP) is 4.88. The highest BCUT2D eigenvalue weighted by atomic mass is 16.5. The number of hydrogen-bond donors (Lipinski definition) is 2. The fourth-order valence-electron chi connectivity index (χ4n) is 3.27. The number of methoxy groups -OCH3 is 1. The van der Waals surface area contributed by atoms with Crippen molar-refractivity contribution in [2.24, 2.45) is 0 Å². The molecule has 0 bridgehead atoms. The van der Waals surface area contributed by atoms with Gasteiger partial charge in [0.1, 0.15) is 11.6 Å². The van der Waals surface area contributed by atoms with Crippen LogP contribution in [0, 0.1) is 20.8 Å². The third kappa shape index (κ3) is 4.49. The zero-order valence-corrected chi connectivity index (χ0v) is 16.7. The number of carbonyl (C=O) groups is 1. The Morgan fingerprint density at radius 1 is 1.04 bits per heavy atom. The lowest BCUT2D eigenvalue weighted by Crippen LogP contribution is -2.14. The van der Waals surface area contributed by atoms with Crippen molar-refractivity contribution in [3.63, 3.8) is 0 Å². The molecule has 2 N–H and O–H groups in total. The number of anilines is 2. The fraction of sp³-hybridized carbons (Fsp3) is 0.217. The second-order valence-electron chi connectivity index (χ2n) is 6.82. The van der Waals surface area contributed by atoms with Crippen molar-refractivity contribution in [3.8, 4) is 5.75 Å². The van der Waals surface area contributed by atoms with Gasteiger partial charge in [0.2, 0.25) is 0 Å². The van der Waals surface area contributed by atoms with E-state index in [2.05, 4.69) is 27.8 Å². The maximum absolute atomic E-state index is 12.7. The summed E-state index contributed by atoms with van der Waals surface area (Å²) in [6, 6.07) is 15.4. The van der Waals surface area contributed by atoms with Gasteiger partial charge >= 0.3 is 0 Å². The van der Waals surface area contributed by atoms with Crippen molar-refractivity contribution in [1.82, 2.24) is 4.98 Å². The number of rotatable bonds is 6. The number of benzene rings is 2. The maximum Gasteiger partial charge on any atom is 0.255 e. The smallest absolute Gasteiger partial charge is 0.255 e. The van der Waals surface area contributed by atoms with E-state index in [1.54, 1.807) is 25.4 Å². The molecule has 1 amide bonds. The van der Waals surface area contributed by atoms with E-state index in [-0.39, 0.29) is 5.91 Å². The number of hydrogen-bond acceptors (Lipinski definition) is 4. The molecule has 0 fully saturated rings.